The van der Waals surface area contributed by atoms with Crippen molar-refractivity contribution in [2.24, 2.45) is 0 Å². The highest BCUT2D eigenvalue weighted by Gasteiger charge is 2.16. The SMILES string of the molecule is Cc1nc(N)ccc1C(=O)CCCNC(=O)OC(C)(C)C. The molecule has 1 aromatic heterocycles. The molecule has 0 aliphatic rings. The Labute approximate surface area is 125 Å². The molecule has 1 amide bonds. The number of nitrogens with one attached hydrogen (secondary N) is 1. The number of carbonyl (C=O) groups is 2. The zero-order valence-electron chi connectivity index (χ0n) is 13.0. The number of rotatable bonds is 5. The molecular weight excluding hydrogens is 270 g/mol. The molecule has 0 aliphatic heterocycles. The topological polar surface area (TPSA) is 94.3 Å². The number of amides is 1. The molecule has 0 spiro atoms. The van der Waals surface area contributed by atoms with Gasteiger partial charge >= 0.3 is 6.09 Å². The fourth-order valence-corrected chi connectivity index (χ4v) is 1.76. The molecule has 0 saturated heterocycles. The molecule has 1 heterocycles. The Hall–Kier alpha value is -2.11. The van der Waals surface area contributed by atoms with E-state index in [2.05, 4.69) is 10.3 Å². The van der Waals surface area contributed by atoms with E-state index in [0.29, 0.717) is 36.5 Å². The first-order valence-electron chi connectivity index (χ1n) is 6.92. The molecule has 21 heavy (non-hydrogen) atoms. The van der Waals surface area contributed by atoms with Crippen LogP contribution in [0, 0.1) is 6.92 Å². The van der Waals surface area contributed by atoms with Gasteiger partial charge in [0.25, 0.3) is 0 Å². The molecule has 0 aromatic carbocycles. The van der Waals surface area contributed by atoms with E-state index in [0.717, 1.165) is 0 Å². The minimum absolute atomic E-state index is 0.00834. The Balaban J connectivity index is 2.36. The molecular formula is C15H23N3O3. The van der Waals surface area contributed by atoms with Crippen LogP contribution in [0.4, 0.5) is 10.6 Å². The van der Waals surface area contributed by atoms with Crippen LogP contribution in [0.1, 0.15) is 49.7 Å². The third kappa shape index (κ3) is 6.25. The molecule has 116 valence electrons. The third-order valence-electron chi connectivity index (χ3n) is 2.66. The Morgan fingerprint density at radius 1 is 1.33 bits per heavy atom. The van der Waals surface area contributed by atoms with E-state index in [1.807, 2.05) is 0 Å². The van der Waals surface area contributed by atoms with Crippen LogP contribution in [0.3, 0.4) is 0 Å². The van der Waals surface area contributed by atoms with E-state index in [-0.39, 0.29) is 5.78 Å². The van der Waals surface area contributed by atoms with Gasteiger partial charge in [-0.2, -0.15) is 0 Å². The summed E-state index contributed by atoms with van der Waals surface area (Å²) in [5.74, 6) is 0.390. The molecule has 6 nitrogen and oxygen atoms in total. The summed E-state index contributed by atoms with van der Waals surface area (Å²) in [5, 5.41) is 2.62. The molecule has 0 bridgehead atoms. The highest BCUT2D eigenvalue weighted by Crippen LogP contribution is 2.11. The molecule has 3 N–H and O–H groups in total. The lowest BCUT2D eigenvalue weighted by Gasteiger charge is -2.19. The average Bonchev–Trinajstić information content (AvgIpc) is 2.32. The first-order valence-corrected chi connectivity index (χ1v) is 6.92. The Morgan fingerprint density at radius 2 is 2.00 bits per heavy atom. The number of pyridine rings is 1. The molecule has 0 atom stereocenters. The maximum Gasteiger partial charge on any atom is 0.407 e. The van der Waals surface area contributed by atoms with Crippen LogP contribution in [-0.4, -0.2) is 29.0 Å². The monoisotopic (exact) mass is 293 g/mol. The summed E-state index contributed by atoms with van der Waals surface area (Å²) in [6.07, 6.45) is 0.407. The van der Waals surface area contributed by atoms with Crippen molar-refractivity contribution >= 4 is 17.7 Å². The minimum Gasteiger partial charge on any atom is -0.444 e. The van der Waals surface area contributed by atoms with Gasteiger partial charge < -0.3 is 15.8 Å². The van der Waals surface area contributed by atoms with E-state index in [1.54, 1.807) is 39.8 Å². The maximum atomic E-state index is 12.0. The molecule has 1 rings (SSSR count). The largest absolute Gasteiger partial charge is 0.444 e. The highest BCUT2D eigenvalue weighted by molar-refractivity contribution is 5.97. The second-order valence-electron chi connectivity index (χ2n) is 5.82. The number of nitrogens with two attached hydrogens (primary N) is 1. The number of nitrogens with zero attached hydrogens (tertiary/aromatic N) is 1. The van der Waals surface area contributed by atoms with Gasteiger partial charge in [0.1, 0.15) is 11.4 Å². The van der Waals surface area contributed by atoms with E-state index in [1.165, 1.54) is 0 Å². The number of nitrogen functional groups attached to an aromatic ring is 1. The van der Waals surface area contributed by atoms with Crippen LogP contribution in [-0.2, 0) is 4.74 Å². The fourth-order valence-electron chi connectivity index (χ4n) is 1.76. The number of Topliss-reactive ketones (excluding diaryl/α,β-unsaturated/α-hetero) is 1. The van der Waals surface area contributed by atoms with Gasteiger partial charge in [0, 0.05) is 18.5 Å². The summed E-state index contributed by atoms with van der Waals surface area (Å²) in [6, 6.07) is 3.29. The normalized spacial score (nSPS) is 11.0. The standard InChI is InChI=1S/C15H23N3O3/c1-10-11(7-8-13(16)18-10)12(19)6-5-9-17-14(20)21-15(2,3)4/h7-8H,5-6,9H2,1-4H3,(H2,16,18)(H,17,20). The van der Waals surface area contributed by atoms with Gasteiger partial charge in [0.2, 0.25) is 0 Å². The minimum atomic E-state index is -0.521. The van der Waals surface area contributed by atoms with Gasteiger partial charge in [0.05, 0.1) is 5.69 Å². The number of aryl methyl sites for hydroxylation is 1. The Morgan fingerprint density at radius 3 is 2.57 bits per heavy atom. The van der Waals surface area contributed by atoms with Crippen molar-refractivity contribution < 1.29 is 14.3 Å². The number of aromatic nitrogens is 1. The van der Waals surface area contributed by atoms with Gasteiger partial charge in [-0.25, -0.2) is 9.78 Å². The van der Waals surface area contributed by atoms with Crippen molar-refractivity contribution in [3.63, 3.8) is 0 Å². The van der Waals surface area contributed by atoms with Crippen molar-refractivity contribution in [1.29, 1.82) is 0 Å². The molecule has 0 aliphatic carbocycles. The van der Waals surface area contributed by atoms with Gasteiger partial charge in [0.15, 0.2) is 5.78 Å². The molecule has 0 fully saturated rings. The predicted octanol–water partition coefficient (Wildman–Crippen LogP) is 2.46. The van der Waals surface area contributed by atoms with Crippen molar-refractivity contribution in [2.45, 2.75) is 46.1 Å². The summed E-state index contributed by atoms with van der Waals surface area (Å²) in [6.45, 7) is 7.54. The quantitative estimate of drug-likeness (QED) is 0.642. The van der Waals surface area contributed by atoms with Gasteiger partial charge in [-0.05, 0) is 46.2 Å². The fraction of sp³-hybridized carbons (Fsp3) is 0.533. The first kappa shape index (κ1) is 16.9. The van der Waals surface area contributed by atoms with Crippen molar-refractivity contribution in [1.82, 2.24) is 10.3 Å². The number of ether oxygens (including phenoxy) is 1. The zero-order valence-corrected chi connectivity index (χ0v) is 13.0. The second kappa shape index (κ2) is 7.06. The molecule has 6 heteroatoms. The predicted molar refractivity (Wildman–Crippen MR) is 81.2 cm³/mol. The Bertz CT molecular complexity index is 521. The van der Waals surface area contributed by atoms with Crippen LogP contribution < -0.4 is 11.1 Å². The van der Waals surface area contributed by atoms with Crippen molar-refractivity contribution in [3.8, 4) is 0 Å². The molecule has 1 aromatic rings. The smallest absolute Gasteiger partial charge is 0.407 e. The van der Waals surface area contributed by atoms with Crippen LogP contribution in [0.15, 0.2) is 12.1 Å². The lowest BCUT2D eigenvalue weighted by atomic mass is 10.1. The lowest BCUT2D eigenvalue weighted by Crippen LogP contribution is -2.33. The van der Waals surface area contributed by atoms with E-state index in [9.17, 15) is 9.59 Å². The number of hydrogen-bond acceptors (Lipinski definition) is 5. The van der Waals surface area contributed by atoms with Crippen LogP contribution in [0.2, 0.25) is 0 Å². The lowest BCUT2D eigenvalue weighted by molar-refractivity contribution is 0.0525. The summed E-state index contributed by atoms with van der Waals surface area (Å²) in [4.78, 5) is 27.5. The van der Waals surface area contributed by atoms with Gasteiger partial charge in [-0.1, -0.05) is 0 Å². The summed E-state index contributed by atoms with van der Waals surface area (Å²) in [7, 11) is 0. The van der Waals surface area contributed by atoms with Crippen LogP contribution in [0.25, 0.3) is 0 Å². The van der Waals surface area contributed by atoms with Crippen molar-refractivity contribution in [2.75, 3.05) is 12.3 Å². The molecule has 0 radical (unpaired) electrons. The van der Waals surface area contributed by atoms with Crippen LogP contribution >= 0.6 is 0 Å². The number of ketones is 1. The zero-order chi connectivity index (χ0) is 16.0. The third-order valence-corrected chi connectivity index (χ3v) is 2.66. The maximum absolute atomic E-state index is 12.0. The second-order valence-corrected chi connectivity index (χ2v) is 5.82. The van der Waals surface area contributed by atoms with Gasteiger partial charge in [-0.15, -0.1) is 0 Å². The first-order chi connectivity index (χ1) is 9.69. The number of hydrogen-bond donors (Lipinski definition) is 2. The average molecular weight is 293 g/mol. The molecule has 0 unspecified atom stereocenters. The number of anilines is 1. The van der Waals surface area contributed by atoms with E-state index in [4.69, 9.17) is 10.5 Å². The summed E-state index contributed by atoms with van der Waals surface area (Å²) < 4.78 is 5.10. The van der Waals surface area contributed by atoms with Crippen molar-refractivity contribution in [3.05, 3.63) is 23.4 Å². The summed E-state index contributed by atoms with van der Waals surface area (Å²) in [5.41, 5.74) is 6.22. The summed E-state index contributed by atoms with van der Waals surface area (Å²) >= 11 is 0. The molecule has 0 saturated carbocycles. The van der Waals surface area contributed by atoms with Gasteiger partial charge in [-0.3, -0.25) is 4.79 Å². The van der Waals surface area contributed by atoms with E-state index >= 15 is 0 Å². The Kier molecular flexibility index (Phi) is 5.69. The number of carbonyl (C=O) groups excluding carboxylic acids is 2. The van der Waals surface area contributed by atoms with E-state index < -0.39 is 11.7 Å². The van der Waals surface area contributed by atoms with Crippen LogP contribution in [0.5, 0.6) is 0 Å². The highest BCUT2D eigenvalue weighted by atomic mass is 16.6. The number of alkyl carbamates (subject to hydrolysis) is 1.